The van der Waals surface area contributed by atoms with Crippen LogP contribution in [0.5, 0.6) is 0 Å². The molecule has 17 nitrogen and oxygen atoms in total. The number of carbonyl (C=O) groups excluding carboxylic acids is 5. The van der Waals surface area contributed by atoms with Crippen LogP contribution in [-0.4, -0.2) is 141 Å². The zero-order valence-corrected chi connectivity index (χ0v) is 42.5. The van der Waals surface area contributed by atoms with Crippen LogP contribution in [0.2, 0.25) is 0 Å². The predicted octanol–water partition coefficient (Wildman–Crippen LogP) is 6.12. The molecular weight excluding hydrogens is 887 g/mol. The lowest BCUT2D eigenvalue weighted by Crippen LogP contribution is -2.61. The van der Waals surface area contributed by atoms with Gasteiger partial charge in [0.15, 0.2) is 11.6 Å². The number of amides is 1. The first-order chi connectivity index (χ1) is 32.8. The molecule has 4 aliphatic rings. The van der Waals surface area contributed by atoms with Gasteiger partial charge in [-0.1, -0.05) is 76.3 Å². The molecule has 3 aliphatic heterocycles. The van der Waals surface area contributed by atoms with Crippen molar-refractivity contribution < 1.29 is 57.9 Å². The highest BCUT2D eigenvalue weighted by molar-refractivity contribution is 6.39. The van der Waals surface area contributed by atoms with Crippen LogP contribution in [0.3, 0.4) is 0 Å². The first-order valence-corrected chi connectivity index (χ1v) is 25.0. The van der Waals surface area contributed by atoms with E-state index in [2.05, 4.69) is 20.6 Å². The van der Waals surface area contributed by atoms with E-state index < -0.39 is 77.8 Å². The Morgan fingerprint density at radius 2 is 1.65 bits per heavy atom. The van der Waals surface area contributed by atoms with Crippen LogP contribution < -0.4 is 0 Å². The Bertz CT molecular complexity index is 2020. The van der Waals surface area contributed by atoms with Crippen molar-refractivity contribution in [2.45, 2.75) is 180 Å². The van der Waals surface area contributed by atoms with Crippen molar-refractivity contribution in [3.63, 3.8) is 0 Å². The van der Waals surface area contributed by atoms with Gasteiger partial charge in [0.1, 0.15) is 30.1 Å². The summed E-state index contributed by atoms with van der Waals surface area (Å²) in [6, 6.07) is -1.14. The number of allylic oxidation sites excluding steroid dienone is 6. The summed E-state index contributed by atoms with van der Waals surface area (Å²) >= 11 is 0. The Balaban J connectivity index is 1.46. The number of tetrazole rings is 1. The number of ketones is 3. The maximum absolute atomic E-state index is 14.5. The van der Waals surface area contributed by atoms with Gasteiger partial charge >= 0.3 is 5.97 Å². The molecular formula is C52H79N5O12. The third kappa shape index (κ3) is 14.2. The van der Waals surface area contributed by atoms with Crippen molar-refractivity contribution in [3.05, 3.63) is 53.4 Å². The van der Waals surface area contributed by atoms with Gasteiger partial charge < -0.3 is 38.8 Å². The van der Waals surface area contributed by atoms with Gasteiger partial charge in [-0.3, -0.25) is 19.2 Å². The molecule has 1 aromatic rings. The number of rotatable bonds is 7. The van der Waals surface area contributed by atoms with Gasteiger partial charge in [-0.15, -0.1) is 10.2 Å². The van der Waals surface area contributed by atoms with E-state index >= 15 is 0 Å². The van der Waals surface area contributed by atoms with Crippen LogP contribution in [-0.2, 0) is 47.7 Å². The number of methoxy groups -OCH3 is 3. The standard InChI is InChI=1S/C52H79N5O12/c1-30-16-12-11-13-17-31(2)42(65-8)28-38-21-19-36(7)52(64,69-38)48(61)50(62)57-23-15-14-18-40(57)51(63)68-43(33(4)26-37-20-22-39(44(27-37)66-9)49-53-55-56-54-49)29-41(58)32(3)25-35(6)46(60)47(67-10)45(59)34(5)24-30/h11-13,16-17,25,30,32-34,36-40,42-44,46-47,60,64H,14-15,18-24,26-29H2,1-10H3,(H,53,54,55,56)/b13-11+,16-12+,31-17+,35-25+/t30-,32-,33-,34-,36-,37+,38+,39+,40+,42+,43?,44-,46-,47+,52-/m1/s1. The molecule has 0 spiro atoms. The molecule has 0 aromatic carbocycles. The Kier molecular flexibility index (Phi) is 20.8. The number of aliphatic hydroxyl groups excluding tert-OH is 1. The normalized spacial score (nSPS) is 38.8. The van der Waals surface area contributed by atoms with Crippen LogP contribution >= 0.6 is 0 Å². The van der Waals surface area contributed by atoms with E-state index in [0.29, 0.717) is 62.8 Å². The first-order valence-electron chi connectivity index (χ1n) is 25.0. The number of esters is 1. The SMILES string of the molecule is CO[C@H]1C[C@@H]2CC[C@@H](C)[C@@](O)(O2)C(=O)C(=O)N2CCCC[C@H]2C(=O)OC([C@H](C)C[C@@H]2CC[C@H](c3nn[nH]n3)[C@H](OC)C2)CC(=O)[C@H](C)/C=C(\C)[C@@H](O)[C@@H](OC)C(=O)[C@H](C)C[C@H](C)/C=C/C=C/C=C/1C. The minimum atomic E-state index is -2.43. The molecule has 1 amide bonds. The van der Waals surface area contributed by atoms with E-state index in [1.54, 1.807) is 41.1 Å². The third-order valence-corrected chi connectivity index (χ3v) is 15.2. The summed E-state index contributed by atoms with van der Waals surface area (Å²) < 4.78 is 29.9. The molecule has 2 saturated heterocycles. The fourth-order valence-electron chi connectivity index (χ4n) is 10.8. The van der Waals surface area contributed by atoms with Gasteiger partial charge in [-0.2, -0.15) is 5.21 Å². The van der Waals surface area contributed by atoms with Gasteiger partial charge in [0.05, 0.1) is 18.3 Å². The number of Topliss-reactive ketones (excluding diaryl/α,β-unsaturated/α-hetero) is 3. The lowest BCUT2D eigenvalue weighted by atomic mass is 9.75. The Morgan fingerprint density at radius 3 is 2.33 bits per heavy atom. The smallest absolute Gasteiger partial charge is 0.329 e. The predicted molar refractivity (Wildman–Crippen MR) is 256 cm³/mol. The second-order valence-electron chi connectivity index (χ2n) is 20.4. The van der Waals surface area contributed by atoms with Crippen molar-refractivity contribution in [1.82, 2.24) is 25.5 Å². The van der Waals surface area contributed by atoms with E-state index in [0.717, 1.165) is 18.4 Å². The number of nitrogens with zero attached hydrogens (tertiary/aromatic N) is 4. The number of cyclic esters (lactones) is 1. The second-order valence-corrected chi connectivity index (χ2v) is 20.4. The zero-order chi connectivity index (χ0) is 50.6. The van der Waals surface area contributed by atoms with Crippen molar-refractivity contribution in [2.75, 3.05) is 27.9 Å². The Hall–Kier alpha value is -4.26. The van der Waals surface area contributed by atoms with E-state index in [9.17, 15) is 34.2 Å². The number of nitrogens with one attached hydrogen (secondary N) is 1. The number of ether oxygens (including phenoxy) is 5. The molecule has 0 radical (unpaired) electrons. The Morgan fingerprint density at radius 1 is 0.899 bits per heavy atom. The van der Waals surface area contributed by atoms with Gasteiger partial charge in [0.2, 0.25) is 5.79 Å². The summed E-state index contributed by atoms with van der Waals surface area (Å²) in [5.41, 5.74) is 1.27. The molecule has 384 valence electrons. The quantitative estimate of drug-likeness (QED) is 0.159. The molecule has 15 atom stereocenters. The number of carbonyl (C=O) groups is 5. The lowest BCUT2D eigenvalue weighted by molar-refractivity contribution is -0.265. The van der Waals surface area contributed by atoms with E-state index in [1.807, 2.05) is 58.1 Å². The third-order valence-electron chi connectivity index (χ3n) is 15.2. The van der Waals surface area contributed by atoms with E-state index in [4.69, 9.17) is 23.7 Å². The molecule has 69 heavy (non-hydrogen) atoms. The highest BCUT2D eigenvalue weighted by Crippen LogP contribution is 2.40. The monoisotopic (exact) mass is 966 g/mol. The largest absolute Gasteiger partial charge is 0.460 e. The number of aromatic amines is 1. The van der Waals surface area contributed by atoms with Crippen LogP contribution in [0.1, 0.15) is 137 Å². The molecule has 1 aliphatic carbocycles. The van der Waals surface area contributed by atoms with Crippen molar-refractivity contribution in [3.8, 4) is 0 Å². The minimum Gasteiger partial charge on any atom is -0.460 e. The number of hydrogen-bond donors (Lipinski definition) is 3. The van der Waals surface area contributed by atoms with Gasteiger partial charge in [-0.25, -0.2) is 4.79 Å². The molecule has 3 fully saturated rings. The van der Waals surface area contributed by atoms with Crippen LogP contribution in [0.4, 0.5) is 0 Å². The molecule has 4 heterocycles. The molecule has 3 N–H and O–H groups in total. The maximum atomic E-state index is 14.5. The average Bonchev–Trinajstić information content (AvgIpc) is 3.88. The topological polar surface area (TPSA) is 230 Å². The summed E-state index contributed by atoms with van der Waals surface area (Å²) in [6.45, 7) is 12.8. The molecule has 1 unspecified atom stereocenters. The summed E-state index contributed by atoms with van der Waals surface area (Å²) in [4.78, 5) is 72.3. The van der Waals surface area contributed by atoms with Gasteiger partial charge in [-0.05, 0) is 107 Å². The molecule has 17 heteroatoms. The molecule has 5 rings (SSSR count). The Labute approximate surface area is 408 Å². The highest BCUT2D eigenvalue weighted by Gasteiger charge is 2.53. The van der Waals surface area contributed by atoms with Gasteiger partial charge in [0, 0.05) is 64.4 Å². The zero-order valence-electron chi connectivity index (χ0n) is 42.5. The summed E-state index contributed by atoms with van der Waals surface area (Å²) in [6.07, 6.45) is 12.3. The van der Waals surface area contributed by atoms with Crippen LogP contribution in [0, 0.1) is 35.5 Å². The lowest BCUT2D eigenvalue weighted by Gasteiger charge is -2.42. The average molecular weight is 966 g/mol. The summed E-state index contributed by atoms with van der Waals surface area (Å²) in [5.74, 6) is -7.40. The van der Waals surface area contributed by atoms with Crippen molar-refractivity contribution in [1.29, 1.82) is 0 Å². The maximum Gasteiger partial charge on any atom is 0.329 e. The van der Waals surface area contributed by atoms with E-state index in [-0.39, 0.29) is 60.7 Å². The van der Waals surface area contributed by atoms with Crippen LogP contribution in [0.25, 0.3) is 0 Å². The first kappa shape index (κ1) is 55.7. The summed E-state index contributed by atoms with van der Waals surface area (Å²) in [5, 5.41) is 38.1. The molecule has 1 aromatic heterocycles. The van der Waals surface area contributed by atoms with E-state index in [1.165, 1.54) is 12.0 Å². The summed E-state index contributed by atoms with van der Waals surface area (Å²) in [7, 11) is 4.61. The van der Waals surface area contributed by atoms with Crippen LogP contribution in [0.15, 0.2) is 47.6 Å². The molecule has 1 saturated carbocycles. The fourth-order valence-corrected chi connectivity index (χ4v) is 10.8. The minimum absolute atomic E-state index is 0.0166. The van der Waals surface area contributed by atoms with Gasteiger partial charge in [0.25, 0.3) is 11.7 Å². The number of fused-ring (bicyclic) bond motifs is 3. The number of hydrogen-bond acceptors (Lipinski definition) is 15. The fraction of sp³-hybridized carbons (Fsp3) is 0.731. The number of aliphatic hydroxyl groups is 2. The number of H-pyrrole nitrogens is 1. The second kappa shape index (κ2) is 25.7. The highest BCUT2D eigenvalue weighted by atomic mass is 16.6. The van der Waals surface area contributed by atoms with Crippen molar-refractivity contribution in [2.24, 2.45) is 35.5 Å². The number of piperidine rings is 1. The molecule has 2 bridgehead atoms. The van der Waals surface area contributed by atoms with Crippen molar-refractivity contribution >= 4 is 29.2 Å². The number of aromatic nitrogens is 4.